The van der Waals surface area contributed by atoms with E-state index in [1.165, 1.54) is 0 Å². The molecule has 0 atom stereocenters. The van der Waals surface area contributed by atoms with Crippen LogP contribution in [0.2, 0.25) is 10.0 Å². The Bertz CT molecular complexity index is 273. The average Bonchev–Trinajstić information content (AvgIpc) is 1.99. The fraction of sp³-hybridized carbons (Fsp3) is 0.143. The van der Waals surface area contributed by atoms with Gasteiger partial charge in [-0.15, -0.1) is 11.6 Å². The minimum Gasteiger partial charge on any atom is -0.397 e. The highest BCUT2D eigenvalue weighted by molar-refractivity contribution is 6.36. The van der Waals surface area contributed by atoms with Crippen LogP contribution in [0, 0.1) is 0 Å². The zero-order valence-corrected chi connectivity index (χ0v) is 7.84. The molecule has 0 aliphatic carbocycles. The van der Waals surface area contributed by atoms with Crippen LogP contribution in [0.25, 0.3) is 0 Å². The summed E-state index contributed by atoms with van der Waals surface area (Å²) in [6, 6.07) is 3.33. The number of halogens is 3. The number of nitrogens with two attached hydrogens (primary N) is 1. The van der Waals surface area contributed by atoms with Crippen LogP contribution in [0.4, 0.5) is 5.69 Å². The molecule has 11 heavy (non-hydrogen) atoms. The standard InChI is InChI=1S/C7H6Cl3N/c8-3-4-5(9)1-2-6(10)7(4)11/h1-2H,3,11H2. The van der Waals surface area contributed by atoms with Crippen molar-refractivity contribution in [1.82, 2.24) is 0 Å². The molecular formula is C7H6Cl3N. The summed E-state index contributed by atoms with van der Waals surface area (Å²) in [5.74, 6) is 0.283. The summed E-state index contributed by atoms with van der Waals surface area (Å²) >= 11 is 17.1. The number of hydrogen-bond donors (Lipinski definition) is 1. The van der Waals surface area contributed by atoms with Gasteiger partial charge < -0.3 is 5.73 Å². The van der Waals surface area contributed by atoms with Gasteiger partial charge in [-0.05, 0) is 12.1 Å². The first kappa shape index (κ1) is 8.98. The molecule has 1 rings (SSSR count). The maximum absolute atomic E-state index is 5.78. The number of alkyl halides is 1. The molecule has 1 nitrogen and oxygen atoms in total. The number of benzene rings is 1. The summed E-state index contributed by atoms with van der Waals surface area (Å²) in [5, 5.41) is 1.05. The largest absolute Gasteiger partial charge is 0.397 e. The van der Waals surface area contributed by atoms with Gasteiger partial charge in [-0.3, -0.25) is 0 Å². The Morgan fingerprint density at radius 1 is 1.18 bits per heavy atom. The zero-order chi connectivity index (χ0) is 8.43. The summed E-state index contributed by atoms with van der Waals surface area (Å²) in [6.45, 7) is 0. The van der Waals surface area contributed by atoms with Crippen LogP contribution in [0.15, 0.2) is 12.1 Å². The second kappa shape index (κ2) is 3.53. The Morgan fingerprint density at radius 3 is 2.18 bits per heavy atom. The zero-order valence-electron chi connectivity index (χ0n) is 5.57. The van der Waals surface area contributed by atoms with Gasteiger partial charge in [-0.2, -0.15) is 0 Å². The molecule has 2 N–H and O–H groups in total. The predicted octanol–water partition coefficient (Wildman–Crippen LogP) is 3.31. The lowest BCUT2D eigenvalue weighted by molar-refractivity contribution is 1.40. The van der Waals surface area contributed by atoms with Gasteiger partial charge >= 0.3 is 0 Å². The molecule has 4 heteroatoms. The Labute approximate surface area is 80.0 Å². The maximum atomic E-state index is 5.78. The highest BCUT2D eigenvalue weighted by Gasteiger charge is 2.06. The Morgan fingerprint density at radius 2 is 1.73 bits per heavy atom. The van der Waals surface area contributed by atoms with Crippen molar-refractivity contribution < 1.29 is 0 Å². The summed E-state index contributed by atoms with van der Waals surface area (Å²) in [4.78, 5) is 0. The monoisotopic (exact) mass is 209 g/mol. The molecule has 0 radical (unpaired) electrons. The maximum Gasteiger partial charge on any atom is 0.0639 e. The molecule has 60 valence electrons. The lowest BCUT2D eigenvalue weighted by Crippen LogP contribution is -1.93. The van der Waals surface area contributed by atoms with Crippen molar-refractivity contribution in [2.24, 2.45) is 0 Å². The molecule has 0 aromatic heterocycles. The molecule has 0 fully saturated rings. The summed E-state index contributed by atoms with van der Waals surface area (Å²) in [7, 11) is 0. The van der Waals surface area contributed by atoms with E-state index in [2.05, 4.69) is 0 Å². The number of anilines is 1. The van der Waals surface area contributed by atoms with Gasteiger partial charge in [0.05, 0.1) is 16.6 Å². The highest BCUT2D eigenvalue weighted by Crippen LogP contribution is 2.30. The summed E-state index contributed by atoms with van der Waals surface area (Å²) in [5.41, 5.74) is 6.76. The van der Waals surface area contributed by atoms with Gasteiger partial charge in [0.1, 0.15) is 0 Å². The molecular weight excluding hydrogens is 204 g/mol. The average molecular weight is 210 g/mol. The minimum absolute atomic E-state index is 0.283. The molecule has 0 saturated carbocycles. The van der Waals surface area contributed by atoms with E-state index < -0.39 is 0 Å². The van der Waals surface area contributed by atoms with Crippen molar-refractivity contribution in [3.63, 3.8) is 0 Å². The number of nitrogen functional groups attached to an aromatic ring is 1. The molecule has 1 aromatic rings. The molecule has 0 aliphatic rings. The second-order valence-corrected chi connectivity index (χ2v) is 3.14. The van der Waals surface area contributed by atoms with E-state index in [0.29, 0.717) is 21.3 Å². The van der Waals surface area contributed by atoms with Crippen molar-refractivity contribution in [1.29, 1.82) is 0 Å². The van der Waals surface area contributed by atoms with Crippen LogP contribution in [0.3, 0.4) is 0 Å². The van der Waals surface area contributed by atoms with E-state index in [1.54, 1.807) is 12.1 Å². The number of rotatable bonds is 1. The van der Waals surface area contributed by atoms with Gasteiger partial charge in [0, 0.05) is 10.6 Å². The van der Waals surface area contributed by atoms with Crippen molar-refractivity contribution >= 4 is 40.5 Å². The first-order valence-corrected chi connectivity index (χ1v) is 4.24. The van der Waals surface area contributed by atoms with Gasteiger partial charge in [0.2, 0.25) is 0 Å². The molecule has 0 spiro atoms. The third-order valence-corrected chi connectivity index (χ3v) is 2.33. The van der Waals surface area contributed by atoms with Crippen LogP contribution in [0.1, 0.15) is 5.56 Å². The SMILES string of the molecule is Nc1c(Cl)ccc(Cl)c1CCl. The third kappa shape index (κ3) is 1.73. The van der Waals surface area contributed by atoms with E-state index in [0.717, 1.165) is 0 Å². The topological polar surface area (TPSA) is 26.0 Å². The Kier molecular flexibility index (Phi) is 2.88. The van der Waals surface area contributed by atoms with Crippen LogP contribution in [-0.4, -0.2) is 0 Å². The smallest absolute Gasteiger partial charge is 0.0639 e. The fourth-order valence-electron chi connectivity index (χ4n) is 0.745. The highest BCUT2D eigenvalue weighted by atomic mass is 35.5. The third-order valence-electron chi connectivity index (χ3n) is 1.38. The van der Waals surface area contributed by atoms with E-state index >= 15 is 0 Å². The van der Waals surface area contributed by atoms with Crippen molar-refractivity contribution in [2.75, 3.05) is 5.73 Å². The molecule has 0 heterocycles. The fourth-order valence-corrected chi connectivity index (χ4v) is 1.51. The van der Waals surface area contributed by atoms with Gasteiger partial charge in [-0.25, -0.2) is 0 Å². The van der Waals surface area contributed by atoms with Gasteiger partial charge in [-0.1, -0.05) is 23.2 Å². The van der Waals surface area contributed by atoms with Gasteiger partial charge in [0.25, 0.3) is 0 Å². The predicted molar refractivity (Wildman–Crippen MR) is 50.4 cm³/mol. The molecule has 0 aliphatic heterocycles. The normalized spacial score (nSPS) is 10.1. The Hall–Kier alpha value is -0.110. The quantitative estimate of drug-likeness (QED) is 0.558. The van der Waals surface area contributed by atoms with Crippen LogP contribution >= 0.6 is 34.8 Å². The summed E-state index contributed by atoms with van der Waals surface area (Å²) < 4.78 is 0. The van der Waals surface area contributed by atoms with Crippen LogP contribution in [0.5, 0.6) is 0 Å². The molecule has 0 saturated heterocycles. The van der Waals surface area contributed by atoms with Gasteiger partial charge in [0.15, 0.2) is 0 Å². The van der Waals surface area contributed by atoms with Crippen molar-refractivity contribution in [3.8, 4) is 0 Å². The molecule has 1 aromatic carbocycles. The number of hydrogen-bond acceptors (Lipinski definition) is 1. The molecule has 0 amide bonds. The second-order valence-electron chi connectivity index (χ2n) is 2.06. The lowest BCUT2D eigenvalue weighted by atomic mass is 10.2. The van der Waals surface area contributed by atoms with E-state index in [-0.39, 0.29) is 5.88 Å². The van der Waals surface area contributed by atoms with Crippen molar-refractivity contribution in [2.45, 2.75) is 5.88 Å². The minimum atomic E-state index is 0.283. The lowest BCUT2D eigenvalue weighted by Gasteiger charge is -2.05. The summed E-state index contributed by atoms with van der Waals surface area (Å²) in [6.07, 6.45) is 0. The van der Waals surface area contributed by atoms with E-state index in [9.17, 15) is 0 Å². The van der Waals surface area contributed by atoms with E-state index in [1.807, 2.05) is 0 Å². The van der Waals surface area contributed by atoms with Crippen LogP contribution < -0.4 is 5.73 Å². The molecule has 0 unspecified atom stereocenters. The molecule has 0 bridgehead atoms. The first-order chi connectivity index (χ1) is 5.16. The van der Waals surface area contributed by atoms with Crippen molar-refractivity contribution in [3.05, 3.63) is 27.7 Å². The first-order valence-electron chi connectivity index (χ1n) is 2.95. The van der Waals surface area contributed by atoms with Crippen LogP contribution in [-0.2, 0) is 5.88 Å². The van der Waals surface area contributed by atoms with E-state index in [4.69, 9.17) is 40.5 Å². The Balaban J connectivity index is 3.29.